The van der Waals surface area contributed by atoms with Crippen LogP contribution >= 0.6 is 0 Å². The van der Waals surface area contributed by atoms with Gasteiger partial charge in [0, 0.05) is 36.4 Å². The number of carbonyl (C=O) groups is 2. The average molecular weight is 719 g/mol. The molecule has 6 aromatic rings. The highest BCUT2D eigenvalue weighted by molar-refractivity contribution is 6.01. The molecule has 0 radical (unpaired) electrons. The number of ether oxygens (including phenoxy) is 2. The monoisotopic (exact) mass is 718 g/mol. The van der Waals surface area contributed by atoms with Crippen LogP contribution in [0.1, 0.15) is 40.9 Å². The lowest BCUT2D eigenvalue weighted by molar-refractivity contribution is 0.0932. The van der Waals surface area contributed by atoms with E-state index in [9.17, 15) is 14.0 Å². The molecule has 1 aliphatic heterocycles. The lowest BCUT2D eigenvalue weighted by atomic mass is 10.0. The van der Waals surface area contributed by atoms with Gasteiger partial charge < -0.3 is 25.0 Å². The summed E-state index contributed by atoms with van der Waals surface area (Å²) in [7, 11) is 0. The van der Waals surface area contributed by atoms with Crippen LogP contribution in [-0.4, -0.2) is 50.8 Å². The van der Waals surface area contributed by atoms with Gasteiger partial charge in [-0.3, -0.25) is 10.1 Å². The van der Waals surface area contributed by atoms with Crippen molar-refractivity contribution in [1.82, 2.24) is 24.9 Å². The first-order chi connectivity index (χ1) is 25.8. The lowest BCUT2D eigenvalue weighted by Gasteiger charge is -2.29. The standard InChI is InChI=1S/C39H36F2N8O4/c1-3-52-39(51)46-29-14-15-30(32(41)17-29)33-34-42-19-27-16-28(40)20-44-37(27)53-24(2)18-43-36(50)31-21-45-49(35(31)47-34)38(33)48(22-25-10-6-4-7-11-25)23-26-12-8-5-9-13-26/h4-17,20-21,24H,3,18-19,22-23H2,1-2H3,(H,42,47)(H,43,50)(H,46,51). The number of rotatable bonds is 8. The van der Waals surface area contributed by atoms with Crippen molar-refractivity contribution < 1.29 is 27.8 Å². The summed E-state index contributed by atoms with van der Waals surface area (Å²) in [6.07, 6.45) is 1.24. The Labute approximate surface area is 303 Å². The van der Waals surface area contributed by atoms with Gasteiger partial charge in [-0.25, -0.2) is 23.5 Å². The highest BCUT2D eigenvalue weighted by atomic mass is 19.1. The van der Waals surface area contributed by atoms with E-state index in [1.54, 1.807) is 24.4 Å². The van der Waals surface area contributed by atoms with Crippen LogP contribution in [0.4, 0.5) is 30.9 Å². The van der Waals surface area contributed by atoms with Gasteiger partial charge >= 0.3 is 6.09 Å². The van der Waals surface area contributed by atoms with Crippen molar-refractivity contribution in [2.24, 2.45) is 0 Å². The summed E-state index contributed by atoms with van der Waals surface area (Å²) in [4.78, 5) is 37.0. The Balaban J connectivity index is 1.49. The number of halogens is 2. The molecule has 0 aliphatic carbocycles. The topological polar surface area (TPSA) is 135 Å². The van der Waals surface area contributed by atoms with Crippen LogP contribution in [0.2, 0.25) is 0 Å². The molecule has 1 unspecified atom stereocenters. The van der Waals surface area contributed by atoms with Crippen LogP contribution in [0.25, 0.3) is 16.8 Å². The third-order valence-electron chi connectivity index (χ3n) is 8.56. The molecular formula is C39H36F2N8O4. The third-order valence-corrected chi connectivity index (χ3v) is 8.56. The van der Waals surface area contributed by atoms with Gasteiger partial charge in [-0.05, 0) is 49.2 Å². The number of benzene rings is 3. The minimum Gasteiger partial charge on any atom is -0.473 e. The molecule has 0 fully saturated rings. The molecule has 0 saturated carbocycles. The normalized spacial score (nSPS) is 14.1. The molecule has 4 heterocycles. The second-order valence-electron chi connectivity index (χ2n) is 12.4. The lowest BCUT2D eigenvalue weighted by Crippen LogP contribution is -2.34. The van der Waals surface area contributed by atoms with E-state index in [4.69, 9.17) is 14.5 Å². The molecule has 0 spiro atoms. The van der Waals surface area contributed by atoms with Crippen molar-refractivity contribution in [2.75, 3.05) is 28.7 Å². The first-order valence-corrected chi connectivity index (χ1v) is 17.1. The Morgan fingerprint density at radius 2 is 1.70 bits per heavy atom. The highest BCUT2D eigenvalue weighted by Gasteiger charge is 2.29. The van der Waals surface area contributed by atoms with Gasteiger partial charge in [0.25, 0.3) is 5.91 Å². The van der Waals surface area contributed by atoms with Crippen molar-refractivity contribution in [2.45, 2.75) is 39.6 Å². The number of hydrogen-bond donors (Lipinski definition) is 3. The average Bonchev–Trinajstić information content (AvgIpc) is 3.58. The number of aromatic nitrogens is 4. The van der Waals surface area contributed by atoms with E-state index in [0.29, 0.717) is 30.0 Å². The summed E-state index contributed by atoms with van der Waals surface area (Å²) < 4.78 is 43.8. The van der Waals surface area contributed by atoms with E-state index < -0.39 is 29.7 Å². The van der Waals surface area contributed by atoms with E-state index in [0.717, 1.165) is 17.3 Å². The van der Waals surface area contributed by atoms with Crippen LogP contribution in [0.3, 0.4) is 0 Å². The molecule has 0 saturated heterocycles. The SMILES string of the molecule is CCOC(=O)Nc1ccc(-c2c3nc4c(cnn4c2N(Cc2ccccc2)Cc2ccccc2)C(=O)NCC(C)Oc2ncc(F)cc2CN3)c(F)c1. The molecule has 7 rings (SSSR count). The van der Waals surface area contributed by atoms with Crippen molar-refractivity contribution in [3.8, 4) is 17.0 Å². The third kappa shape index (κ3) is 7.71. The first-order valence-electron chi connectivity index (χ1n) is 17.1. The summed E-state index contributed by atoms with van der Waals surface area (Å²) in [5.41, 5.74) is 3.29. The van der Waals surface area contributed by atoms with E-state index >= 15 is 4.39 Å². The number of nitrogens with one attached hydrogen (secondary N) is 3. The predicted molar refractivity (Wildman–Crippen MR) is 196 cm³/mol. The second-order valence-corrected chi connectivity index (χ2v) is 12.4. The molecular weight excluding hydrogens is 682 g/mol. The van der Waals surface area contributed by atoms with Crippen molar-refractivity contribution in [3.05, 3.63) is 131 Å². The zero-order chi connectivity index (χ0) is 36.9. The van der Waals surface area contributed by atoms with Gasteiger partial charge in [-0.1, -0.05) is 60.7 Å². The fourth-order valence-corrected chi connectivity index (χ4v) is 6.14. The van der Waals surface area contributed by atoms with Gasteiger partial charge in [-0.2, -0.15) is 9.61 Å². The maximum atomic E-state index is 16.6. The molecule has 53 heavy (non-hydrogen) atoms. The van der Waals surface area contributed by atoms with Crippen LogP contribution in [-0.2, 0) is 24.4 Å². The Bertz CT molecular complexity index is 2230. The fraction of sp³-hybridized carbons (Fsp3) is 0.205. The number of amides is 2. The van der Waals surface area contributed by atoms with Crippen LogP contribution in [0.15, 0.2) is 97.3 Å². The summed E-state index contributed by atoms with van der Waals surface area (Å²) >= 11 is 0. The van der Waals surface area contributed by atoms with Crippen LogP contribution in [0, 0.1) is 11.6 Å². The maximum Gasteiger partial charge on any atom is 0.411 e. The molecule has 3 aromatic heterocycles. The van der Waals surface area contributed by atoms with E-state index in [-0.39, 0.29) is 53.9 Å². The molecule has 2 bridgehead atoms. The van der Waals surface area contributed by atoms with E-state index in [2.05, 4.69) is 26.0 Å². The van der Waals surface area contributed by atoms with Crippen molar-refractivity contribution in [3.63, 3.8) is 0 Å². The van der Waals surface area contributed by atoms with Gasteiger partial charge in [0.05, 0.1) is 31.1 Å². The summed E-state index contributed by atoms with van der Waals surface area (Å²) in [6, 6.07) is 25.1. The predicted octanol–water partition coefficient (Wildman–Crippen LogP) is 6.97. The van der Waals surface area contributed by atoms with Crippen molar-refractivity contribution >= 4 is 35.0 Å². The number of carbonyl (C=O) groups excluding carboxylic acids is 2. The van der Waals surface area contributed by atoms with Gasteiger partial charge in [0.15, 0.2) is 5.65 Å². The second kappa shape index (κ2) is 15.4. The smallest absolute Gasteiger partial charge is 0.411 e. The number of nitrogens with zero attached hydrogens (tertiary/aromatic N) is 5. The number of pyridine rings is 1. The Morgan fingerprint density at radius 1 is 0.981 bits per heavy atom. The molecule has 1 aliphatic rings. The Morgan fingerprint density at radius 3 is 2.38 bits per heavy atom. The fourth-order valence-electron chi connectivity index (χ4n) is 6.14. The summed E-state index contributed by atoms with van der Waals surface area (Å²) in [5.74, 6) is -0.933. The van der Waals surface area contributed by atoms with Crippen molar-refractivity contribution in [1.29, 1.82) is 0 Å². The van der Waals surface area contributed by atoms with Gasteiger partial charge in [0.1, 0.15) is 34.9 Å². The van der Waals surface area contributed by atoms with Gasteiger partial charge in [0.2, 0.25) is 5.88 Å². The number of fused-ring (bicyclic) bond motifs is 2. The zero-order valence-electron chi connectivity index (χ0n) is 29.0. The highest BCUT2D eigenvalue weighted by Crippen LogP contribution is 2.41. The number of hydrogen-bond acceptors (Lipinski definition) is 9. The molecule has 14 heteroatoms. The molecule has 3 aromatic carbocycles. The molecule has 12 nitrogen and oxygen atoms in total. The zero-order valence-corrected chi connectivity index (χ0v) is 29.0. The molecule has 1 atom stereocenters. The Kier molecular flexibility index (Phi) is 10.1. The minimum absolute atomic E-state index is 0.0191. The summed E-state index contributed by atoms with van der Waals surface area (Å²) in [6.45, 7) is 4.39. The molecule has 270 valence electrons. The maximum absolute atomic E-state index is 16.6. The molecule has 3 N–H and O–H groups in total. The largest absolute Gasteiger partial charge is 0.473 e. The minimum atomic E-state index is -0.724. The first kappa shape index (κ1) is 34.9. The summed E-state index contributed by atoms with van der Waals surface area (Å²) in [5, 5.41) is 13.4. The Hall–Kier alpha value is -6.57. The van der Waals surface area contributed by atoms with E-state index in [1.165, 1.54) is 24.4 Å². The quantitative estimate of drug-likeness (QED) is 0.153. The number of anilines is 3. The van der Waals surface area contributed by atoms with Crippen LogP contribution < -0.4 is 25.6 Å². The van der Waals surface area contributed by atoms with Crippen LogP contribution in [0.5, 0.6) is 5.88 Å². The molecule has 2 amide bonds. The van der Waals surface area contributed by atoms with E-state index in [1.807, 2.05) is 65.6 Å². The van der Waals surface area contributed by atoms with Gasteiger partial charge in [-0.15, -0.1) is 0 Å².